The van der Waals surface area contributed by atoms with Crippen LogP contribution in [0.15, 0.2) is 48.5 Å². The van der Waals surface area contributed by atoms with Crippen LogP contribution < -0.4 is 14.8 Å². The Labute approximate surface area is 140 Å². The van der Waals surface area contributed by atoms with E-state index in [1.165, 1.54) is 12.1 Å². The molecule has 0 saturated carbocycles. The number of amides is 1. The molecule has 124 valence electrons. The van der Waals surface area contributed by atoms with E-state index in [-0.39, 0.29) is 31.2 Å². The Balaban J connectivity index is 1.70. The molecule has 0 aliphatic rings. The minimum atomic E-state index is -0.425. The number of hydrogen-bond donors (Lipinski definition) is 1. The minimum Gasteiger partial charge on any atom is -0.497 e. The third-order valence-corrected chi connectivity index (χ3v) is 3.13. The summed E-state index contributed by atoms with van der Waals surface area (Å²) in [5.74, 6) is 5.80. The van der Waals surface area contributed by atoms with Crippen molar-refractivity contribution in [2.75, 3.05) is 20.3 Å². The Morgan fingerprint density at radius 3 is 2.79 bits per heavy atom. The Bertz CT molecular complexity index is 750. The number of hydrogen-bond acceptors (Lipinski definition) is 3. The summed E-state index contributed by atoms with van der Waals surface area (Å²) in [4.78, 5) is 11.8. The summed E-state index contributed by atoms with van der Waals surface area (Å²) >= 11 is 0. The van der Waals surface area contributed by atoms with Gasteiger partial charge in [-0.05, 0) is 29.8 Å². The number of carbonyl (C=O) groups is 1. The number of nitrogens with one attached hydrogen (secondary N) is 1. The molecule has 0 aliphatic carbocycles. The standard InChI is InChI=1S/C19H18FNO3/c1-23-16-8-6-7-15(13-16)14-19(22)21-11-4-5-12-24-18-10-3-2-9-17(18)20/h2-3,6-10,13H,11-12,14H2,1H3,(H,21,22). The van der Waals surface area contributed by atoms with Crippen LogP contribution in [0.1, 0.15) is 5.56 Å². The average Bonchev–Trinajstić information content (AvgIpc) is 2.59. The summed E-state index contributed by atoms with van der Waals surface area (Å²) in [7, 11) is 1.58. The highest BCUT2D eigenvalue weighted by molar-refractivity contribution is 5.78. The minimum absolute atomic E-state index is 0.0622. The van der Waals surface area contributed by atoms with E-state index >= 15 is 0 Å². The molecule has 1 amide bonds. The molecule has 0 aliphatic heterocycles. The van der Waals surface area contributed by atoms with Gasteiger partial charge in [0.05, 0.1) is 20.1 Å². The molecule has 4 nitrogen and oxygen atoms in total. The summed E-state index contributed by atoms with van der Waals surface area (Å²) < 4.78 is 23.6. The summed E-state index contributed by atoms with van der Waals surface area (Å²) in [6.07, 6.45) is 0.255. The summed E-state index contributed by atoms with van der Waals surface area (Å²) in [5, 5.41) is 2.70. The molecule has 2 aromatic rings. The Kier molecular flexibility index (Phi) is 6.66. The zero-order chi connectivity index (χ0) is 17.2. The van der Waals surface area contributed by atoms with Crippen LogP contribution in [-0.4, -0.2) is 26.2 Å². The monoisotopic (exact) mass is 327 g/mol. The second-order valence-electron chi connectivity index (χ2n) is 4.88. The average molecular weight is 327 g/mol. The maximum atomic E-state index is 13.3. The lowest BCUT2D eigenvalue weighted by Crippen LogP contribution is -2.25. The highest BCUT2D eigenvalue weighted by atomic mass is 19.1. The highest BCUT2D eigenvalue weighted by Gasteiger charge is 2.03. The van der Waals surface area contributed by atoms with E-state index in [4.69, 9.17) is 9.47 Å². The maximum absolute atomic E-state index is 13.3. The van der Waals surface area contributed by atoms with Crippen molar-refractivity contribution in [3.8, 4) is 23.3 Å². The molecule has 24 heavy (non-hydrogen) atoms. The first-order valence-corrected chi connectivity index (χ1v) is 7.41. The molecule has 0 atom stereocenters. The van der Waals surface area contributed by atoms with Gasteiger partial charge in [0.15, 0.2) is 11.6 Å². The number of carbonyl (C=O) groups excluding carboxylic acids is 1. The third kappa shape index (κ3) is 5.65. The van der Waals surface area contributed by atoms with Crippen molar-refractivity contribution in [3.05, 3.63) is 59.9 Å². The Hall–Kier alpha value is -3.00. The van der Waals surface area contributed by atoms with Gasteiger partial charge in [-0.2, -0.15) is 0 Å². The third-order valence-electron chi connectivity index (χ3n) is 3.13. The molecule has 0 heterocycles. The first kappa shape index (κ1) is 17.4. The summed E-state index contributed by atoms with van der Waals surface area (Å²) in [6.45, 7) is 0.274. The van der Waals surface area contributed by atoms with E-state index in [1.54, 1.807) is 19.2 Å². The lowest BCUT2D eigenvalue weighted by Gasteiger charge is -2.04. The van der Waals surface area contributed by atoms with Gasteiger partial charge in [0.2, 0.25) is 5.91 Å². The van der Waals surface area contributed by atoms with Gasteiger partial charge in [0.25, 0.3) is 0 Å². The zero-order valence-electron chi connectivity index (χ0n) is 13.3. The van der Waals surface area contributed by atoms with E-state index in [0.717, 1.165) is 5.56 Å². The Morgan fingerprint density at radius 2 is 2.00 bits per heavy atom. The van der Waals surface area contributed by atoms with Crippen molar-refractivity contribution in [1.29, 1.82) is 0 Å². The fraction of sp³-hybridized carbons (Fsp3) is 0.211. The fourth-order valence-electron chi connectivity index (χ4n) is 1.96. The molecule has 2 rings (SSSR count). The van der Waals surface area contributed by atoms with Crippen LogP contribution in [-0.2, 0) is 11.2 Å². The van der Waals surface area contributed by atoms with Crippen molar-refractivity contribution in [3.63, 3.8) is 0 Å². The first-order valence-electron chi connectivity index (χ1n) is 7.41. The van der Waals surface area contributed by atoms with Crippen molar-refractivity contribution in [2.24, 2.45) is 0 Å². The molecule has 0 fully saturated rings. The maximum Gasteiger partial charge on any atom is 0.225 e. The highest BCUT2D eigenvalue weighted by Crippen LogP contribution is 2.14. The molecule has 0 spiro atoms. The van der Waals surface area contributed by atoms with Gasteiger partial charge in [-0.15, -0.1) is 0 Å². The van der Waals surface area contributed by atoms with E-state index in [9.17, 15) is 9.18 Å². The second kappa shape index (κ2) is 9.21. The predicted octanol–water partition coefficient (Wildman–Crippen LogP) is 2.58. The van der Waals surface area contributed by atoms with Crippen molar-refractivity contribution in [1.82, 2.24) is 5.32 Å². The summed E-state index contributed by atoms with van der Waals surface area (Å²) in [5.41, 5.74) is 0.864. The van der Waals surface area contributed by atoms with Gasteiger partial charge >= 0.3 is 0 Å². The van der Waals surface area contributed by atoms with Crippen molar-refractivity contribution >= 4 is 5.91 Å². The quantitative estimate of drug-likeness (QED) is 0.830. The van der Waals surface area contributed by atoms with Crippen molar-refractivity contribution < 1.29 is 18.7 Å². The van der Waals surface area contributed by atoms with E-state index in [0.29, 0.717) is 5.75 Å². The number of para-hydroxylation sites is 1. The van der Waals surface area contributed by atoms with Gasteiger partial charge in [-0.1, -0.05) is 36.1 Å². The molecule has 5 heteroatoms. The lowest BCUT2D eigenvalue weighted by atomic mass is 10.1. The predicted molar refractivity (Wildman–Crippen MR) is 89.4 cm³/mol. The Morgan fingerprint density at radius 1 is 1.17 bits per heavy atom. The molecule has 2 aromatic carbocycles. The van der Waals surface area contributed by atoms with Gasteiger partial charge in [0, 0.05) is 0 Å². The van der Waals surface area contributed by atoms with Crippen LogP contribution in [0.2, 0.25) is 0 Å². The molecule has 0 aromatic heterocycles. The first-order chi connectivity index (χ1) is 11.7. The molecule has 0 saturated heterocycles. The number of methoxy groups -OCH3 is 1. The van der Waals surface area contributed by atoms with E-state index in [2.05, 4.69) is 17.2 Å². The number of rotatable bonds is 6. The second-order valence-corrected chi connectivity index (χ2v) is 4.88. The fourth-order valence-corrected chi connectivity index (χ4v) is 1.96. The van der Waals surface area contributed by atoms with Gasteiger partial charge < -0.3 is 14.8 Å². The van der Waals surface area contributed by atoms with Crippen LogP contribution in [0, 0.1) is 17.7 Å². The summed E-state index contributed by atoms with van der Waals surface area (Å²) in [6, 6.07) is 13.5. The number of benzene rings is 2. The SMILES string of the molecule is COc1cccc(CC(=O)NCC#CCOc2ccccc2F)c1. The largest absolute Gasteiger partial charge is 0.497 e. The molecular weight excluding hydrogens is 309 g/mol. The zero-order valence-corrected chi connectivity index (χ0v) is 13.3. The van der Waals surface area contributed by atoms with Crippen LogP contribution in [0.25, 0.3) is 0 Å². The smallest absolute Gasteiger partial charge is 0.225 e. The number of halogens is 1. The van der Waals surface area contributed by atoms with Crippen LogP contribution >= 0.6 is 0 Å². The van der Waals surface area contributed by atoms with Gasteiger partial charge in [-0.25, -0.2) is 4.39 Å². The van der Waals surface area contributed by atoms with Gasteiger partial charge in [0.1, 0.15) is 12.4 Å². The van der Waals surface area contributed by atoms with Crippen LogP contribution in [0.4, 0.5) is 4.39 Å². The lowest BCUT2D eigenvalue weighted by molar-refractivity contribution is -0.120. The normalized spacial score (nSPS) is 9.58. The topological polar surface area (TPSA) is 47.6 Å². The molecule has 1 N–H and O–H groups in total. The molecular formula is C19H18FNO3. The molecule has 0 radical (unpaired) electrons. The van der Waals surface area contributed by atoms with Crippen molar-refractivity contribution in [2.45, 2.75) is 6.42 Å². The number of ether oxygens (including phenoxy) is 2. The van der Waals surface area contributed by atoms with E-state index in [1.807, 2.05) is 24.3 Å². The van der Waals surface area contributed by atoms with Gasteiger partial charge in [-0.3, -0.25) is 4.79 Å². The van der Waals surface area contributed by atoms with Crippen LogP contribution in [0.5, 0.6) is 11.5 Å². The molecule has 0 bridgehead atoms. The van der Waals surface area contributed by atoms with E-state index < -0.39 is 5.82 Å². The molecule has 0 unspecified atom stereocenters. The van der Waals surface area contributed by atoms with Crippen LogP contribution in [0.3, 0.4) is 0 Å².